The molecule has 0 amide bonds. The summed E-state index contributed by atoms with van der Waals surface area (Å²) < 4.78 is 33.2. The SMILES string of the molecule is O=C(O)c1ncoc1-c1cccc(OC(F)F)c1. The summed E-state index contributed by atoms with van der Waals surface area (Å²) in [5, 5.41) is 8.86. The summed E-state index contributed by atoms with van der Waals surface area (Å²) in [5.41, 5.74) is 0.00671. The molecule has 1 heterocycles. The van der Waals surface area contributed by atoms with Crippen LogP contribution in [-0.2, 0) is 0 Å². The Labute approximate surface area is 99.6 Å². The van der Waals surface area contributed by atoms with E-state index in [4.69, 9.17) is 9.52 Å². The Kier molecular flexibility index (Phi) is 3.22. The van der Waals surface area contributed by atoms with Crippen molar-refractivity contribution in [1.29, 1.82) is 0 Å². The molecule has 0 saturated carbocycles. The molecule has 1 aromatic carbocycles. The summed E-state index contributed by atoms with van der Waals surface area (Å²) in [6.07, 6.45) is 0.972. The number of carboxylic acids is 1. The zero-order valence-electron chi connectivity index (χ0n) is 8.84. The number of oxazole rings is 1. The van der Waals surface area contributed by atoms with Gasteiger partial charge in [0.2, 0.25) is 0 Å². The van der Waals surface area contributed by atoms with Crippen LogP contribution in [0.4, 0.5) is 8.78 Å². The van der Waals surface area contributed by atoms with E-state index >= 15 is 0 Å². The van der Waals surface area contributed by atoms with Gasteiger partial charge in [-0.15, -0.1) is 0 Å². The van der Waals surface area contributed by atoms with Crippen LogP contribution in [0.25, 0.3) is 11.3 Å². The first-order chi connectivity index (χ1) is 8.58. The van der Waals surface area contributed by atoms with E-state index in [1.54, 1.807) is 0 Å². The van der Waals surface area contributed by atoms with Gasteiger partial charge in [-0.1, -0.05) is 12.1 Å². The lowest BCUT2D eigenvalue weighted by Gasteiger charge is -2.05. The second-order valence-electron chi connectivity index (χ2n) is 3.24. The third-order valence-electron chi connectivity index (χ3n) is 2.09. The van der Waals surface area contributed by atoms with Gasteiger partial charge in [-0.3, -0.25) is 0 Å². The van der Waals surface area contributed by atoms with Crippen LogP contribution in [-0.4, -0.2) is 22.7 Å². The second-order valence-corrected chi connectivity index (χ2v) is 3.24. The van der Waals surface area contributed by atoms with E-state index in [0.29, 0.717) is 5.56 Å². The van der Waals surface area contributed by atoms with Gasteiger partial charge in [0.05, 0.1) is 0 Å². The number of ether oxygens (including phenoxy) is 1. The Bertz CT molecular complexity index is 568. The van der Waals surface area contributed by atoms with Crippen molar-refractivity contribution in [2.75, 3.05) is 0 Å². The predicted molar refractivity (Wildman–Crippen MR) is 55.5 cm³/mol. The highest BCUT2D eigenvalue weighted by Gasteiger charge is 2.17. The van der Waals surface area contributed by atoms with Gasteiger partial charge < -0.3 is 14.3 Å². The normalized spacial score (nSPS) is 10.6. The standard InChI is InChI=1S/C11H7F2NO4/c12-11(13)18-7-3-1-2-6(4-7)9-8(10(15)16)14-5-17-9/h1-5,11H,(H,15,16). The number of carbonyl (C=O) groups is 1. The van der Waals surface area contributed by atoms with Gasteiger partial charge in [-0.05, 0) is 12.1 Å². The Morgan fingerprint density at radius 3 is 2.89 bits per heavy atom. The van der Waals surface area contributed by atoms with Gasteiger partial charge in [0.1, 0.15) is 5.75 Å². The number of aromatic nitrogens is 1. The first-order valence-corrected chi connectivity index (χ1v) is 4.80. The minimum Gasteiger partial charge on any atom is -0.476 e. The highest BCUT2D eigenvalue weighted by Crippen LogP contribution is 2.27. The zero-order valence-corrected chi connectivity index (χ0v) is 8.84. The van der Waals surface area contributed by atoms with Crippen LogP contribution in [0.5, 0.6) is 5.75 Å². The summed E-state index contributed by atoms with van der Waals surface area (Å²) in [6, 6.07) is 5.53. The lowest BCUT2D eigenvalue weighted by Crippen LogP contribution is -2.02. The van der Waals surface area contributed by atoms with Gasteiger partial charge in [-0.2, -0.15) is 8.78 Å². The van der Waals surface area contributed by atoms with Crippen molar-refractivity contribution in [2.45, 2.75) is 6.61 Å². The van der Waals surface area contributed by atoms with Crippen LogP contribution in [0.3, 0.4) is 0 Å². The first-order valence-electron chi connectivity index (χ1n) is 4.80. The summed E-state index contributed by atoms with van der Waals surface area (Å²) in [4.78, 5) is 14.4. The maximum atomic E-state index is 12.1. The molecular formula is C11H7F2NO4. The van der Waals surface area contributed by atoms with Gasteiger partial charge in [0, 0.05) is 5.56 Å². The van der Waals surface area contributed by atoms with Gasteiger partial charge in [0.25, 0.3) is 0 Å². The smallest absolute Gasteiger partial charge is 0.387 e. The van der Waals surface area contributed by atoms with Crippen LogP contribution in [0.1, 0.15) is 10.5 Å². The average molecular weight is 255 g/mol. The number of benzene rings is 1. The number of hydrogen-bond donors (Lipinski definition) is 1. The molecule has 0 unspecified atom stereocenters. The Hall–Kier alpha value is -2.44. The number of alkyl halides is 2. The minimum absolute atomic E-state index is 0.0118. The van der Waals surface area contributed by atoms with E-state index in [-0.39, 0.29) is 17.2 Å². The van der Waals surface area contributed by atoms with E-state index in [9.17, 15) is 13.6 Å². The molecule has 0 aliphatic heterocycles. The van der Waals surface area contributed by atoms with Crippen molar-refractivity contribution in [3.63, 3.8) is 0 Å². The third kappa shape index (κ3) is 2.45. The summed E-state index contributed by atoms with van der Waals surface area (Å²) >= 11 is 0. The first kappa shape index (κ1) is 12.0. The number of halogens is 2. The molecular weight excluding hydrogens is 248 g/mol. The molecule has 1 aromatic heterocycles. The number of rotatable bonds is 4. The van der Waals surface area contributed by atoms with Crippen molar-refractivity contribution < 1.29 is 27.8 Å². The van der Waals surface area contributed by atoms with E-state index in [2.05, 4.69) is 9.72 Å². The predicted octanol–water partition coefficient (Wildman–Crippen LogP) is 2.64. The molecule has 0 atom stereocenters. The van der Waals surface area contributed by atoms with Crippen molar-refractivity contribution in [1.82, 2.24) is 4.98 Å². The quantitative estimate of drug-likeness (QED) is 0.909. The summed E-state index contributed by atoms with van der Waals surface area (Å²) in [7, 11) is 0. The van der Waals surface area contributed by atoms with Crippen molar-refractivity contribution in [3.05, 3.63) is 36.4 Å². The van der Waals surface area contributed by atoms with Crippen molar-refractivity contribution in [2.24, 2.45) is 0 Å². The van der Waals surface area contributed by atoms with Gasteiger partial charge >= 0.3 is 12.6 Å². The fourth-order valence-corrected chi connectivity index (χ4v) is 1.42. The van der Waals surface area contributed by atoms with Crippen LogP contribution >= 0.6 is 0 Å². The summed E-state index contributed by atoms with van der Waals surface area (Å²) in [6.45, 7) is -2.95. The highest BCUT2D eigenvalue weighted by molar-refractivity contribution is 5.92. The van der Waals surface area contributed by atoms with Gasteiger partial charge in [0.15, 0.2) is 17.8 Å². The van der Waals surface area contributed by atoms with E-state index < -0.39 is 12.6 Å². The van der Waals surface area contributed by atoms with Crippen LogP contribution in [0.15, 0.2) is 35.1 Å². The Balaban J connectivity index is 2.38. The van der Waals surface area contributed by atoms with Crippen LogP contribution in [0, 0.1) is 0 Å². The molecule has 0 spiro atoms. The summed E-state index contributed by atoms with van der Waals surface area (Å²) in [5.74, 6) is -1.36. The second kappa shape index (κ2) is 4.82. The lowest BCUT2D eigenvalue weighted by molar-refractivity contribution is -0.0498. The molecule has 94 valence electrons. The minimum atomic E-state index is -2.95. The topological polar surface area (TPSA) is 72.6 Å². The third-order valence-corrected chi connectivity index (χ3v) is 2.09. The average Bonchev–Trinajstić information content (AvgIpc) is 2.77. The molecule has 2 aromatic rings. The molecule has 5 nitrogen and oxygen atoms in total. The van der Waals surface area contributed by atoms with Crippen LogP contribution in [0.2, 0.25) is 0 Å². The molecule has 18 heavy (non-hydrogen) atoms. The maximum Gasteiger partial charge on any atom is 0.387 e. The van der Waals surface area contributed by atoms with Crippen molar-refractivity contribution in [3.8, 4) is 17.1 Å². The molecule has 0 bridgehead atoms. The fraction of sp³-hybridized carbons (Fsp3) is 0.0909. The Morgan fingerprint density at radius 1 is 1.44 bits per heavy atom. The van der Waals surface area contributed by atoms with E-state index in [1.165, 1.54) is 24.3 Å². The number of nitrogens with zero attached hydrogens (tertiary/aromatic N) is 1. The molecule has 0 radical (unpaired) electrons. The maximum absolute atomic E-state index is 12.1. The molecule has 0 saturated heterocycles. The highest BCUT2D eigenvalue weighted by atomic mass is 19.3. The molecule has 1 N–H and O–H groups in total. The monoisotopic (exact) mass is 255 g/mol. The lowest BCUT2D eigenvalue weighted by atomic mass is 10.1. The van der Waals surface area contributed by atoms with E-state index in [1.807, 2.05) is 0 Å². The Morgan fingerprint density at radius 2 is 2.22 bits per heavy atom. The molecule has 0 fully saturated rings. The van der Waals surface area contributed by atoms with E-state index in [0.717, 1.165) is 6.39 Å². The van der Waals surface area contributed by atoms with Crippen molar-refractivity contribution >= 4 is 5.97 Å². The largest absolute Gasteiger partial charge is 0.476 e. The molecule has 2 rings (SSSR count). The fourth-order valence-electron chi connectivity index (χ4n) is 1.42. The number of hydrogen-bond acceptors (Lipinski definition) is 4. The zero-order chi connectivity index (χ0) is 13.1. The van der Waals surface area contributed by atoms with Gasteiger partial charge in [-0.25, -0.2) is 9.78 Å². The van der Waals surface area contributed by atoms with Crippen LogP contribution < -0.4 is 4.74 Å². The molecule has 0 aliphatic rings. The number of carboxylic acid groups (broad SMARTS) is 1. The molecule has 7 heteroatoms. The number of aromatic carboxylic acids is 1. The molecule has 0 aliphatic carbocycles.